The van der Waals surface area contributed by atoms with Gasteiger partial charge in [0.05, 0.1) is 23.8 Å². The molecule has 25 heavy (non-hydrogen) atoms. The third-order valence-corrected chi connectivity index (χ3v) is 4.79. The summed E-state index contributed by atoms with van der Waals surface area (Å²) in [4.78, 5) is 5.58. The van der Waals surface area contributed by atoms with E-state index in [0.717, 1.165) is 27.0 Å². The Labute approximate surface area is 150 Å². The number of hydrogen-bond donors (Lipinski definition) is 1. The molecule has 128 valence electrons. The van der Waals surface area contributed by atoms with E-state index in [1.807, 2.05) is 58.1 Å². The van der Waals surface area contributed by atoms with Crippen molar-refractivity contribution in [3.8, 4) is 5.69 Å². The fraction of sp³-hybridized carbons (Fsp3) is 0.278. The van der Waals surface area contributed by atoms with Crippen LogP contribution in [0.25, 0.3) is 10.6 Å². The van der Waals surface area contributed by atoms with Crippen molar-refractivity contribution in [1.82, 2.24) is 24.4 Å². The van der Waals surface area contributed by atoms with Gasteiger partial charge in [-0.25, -0.2) is 14.2 Å². The maximum absolute atomic E-state index is 4.67. The molecule has 0 bridgehead atoms. The Morgan fingerprint density at radius 3 is 2.64 bits per heavy atom. The Morgan fingerprint density at radius 2 is 1.92 bits per heavy atom. The summed E-state index contributed by atoms with van der Waals surface area (Å²) in [6, 6.07) is 10.1. The second-order valence-electron chi connectivity index (χ2n) is 6.99. The molecule has 1 aromatic carbocycles. The van der Waals surface area contributed by atoms with Gasteiger partial charge in [0.2, 0.25) is 10.1 Å². The Morgan fingerprint density at radius 1 is 1.12 bits per heavy atom. The molecule has 6 nitrogen and oxygen atoms in total. The highest BCUT2D eigenvalue weighted by atomic mass is 32.1. The normalized spacial score (nSPS) is 12.0. The maximum atomic E-state index is 4.67. The average molecular weight is 352 g/mol. The van der Waals surface area contributed by atoms with Crippen molar-refractivity contribution in [1.29, 1.82) is 0 Å². The number of para-hydroxylation sites is 1. The van der Waals surface area contributed by atoms with E-state index in [4.69, 9.17) is 0 Å². The van der Waals surface area contributed by atoms with E-state index in [2.05, 4.69) is 41.3 Å². The highest BCUT2D eigenvalue weighted by Crippen LogP contribution is 2.25. The van der Waals surface area contributed by atoms with Gasteiger partial charge in [0.15, 0.2) is 0 Å². The first-order chi connectivity index (χ1) is 12.0. The molecule has 0 aliphatic carbocycles. The van der Waals surface area contributed by atoms with E-state index in [0.29, 0.717) is 6.54 Å². The quantitative estimate of drug-likeness (QED) is 0.605. The standard InChI is InChI=1S/C18H20N6S/c1-18(2,3)15-12-24-17(21-15)25-16(22-24)19-9-13-10-20-23(11-13)14-7-5-4-6-8-14/h4-8,10-12H,9H2,1-3H3,(H,19,22). The predicted molar refractivity (Wildman–Crippen MR) is 100 cm³/mol. The van der Waals surface area contributed by atoms with Gasteiger partial charge in [-0.2, -0.15) is 5.10 Å². The number of anilines is 1. The van der Waals surface area contributed by atoms with Crippen LogP contribution in [0.5, 0.6) is 0 Å². The fourth-order valence-corrected chi connectivity index (χ4v) is 3.26. The first-order valence-electron chi connectivity index (χ1n) is 8.18. The molecule has 3 aromatic heterocycles. The molecule has 0 atom stereocenters. The van der Waals surface area contributed by atoms with Crippen molar-refractivity contribution in [2.45, 2.75) is 32.7 Å². The number of rotatable bonds is 4. The van der Waals surface area contributed by atoms with Crippen LogP contribution in [0, 0.1) is 0 Å². The van der Waals surface area contributed by atoms with Crippen LogP contribution in [0.15, 0.2) is 48.9 Å². The number of benzene rings is 1. The molecule has 1 N–H and O–H groups in total. The summed E-state index contributed by atoms with van der Waals surface area (Å²) in [7, 11) is 0. The summed E-state index contributed by atoms with van der Waals surface area (Å²) in [5, 5.41) is 13.2. The number of nitrogens with zero attached hydrogens (tertiary/aromatic N) is 5. The van der Waals surface area contributed by atoms with Crippen LogP contribution in [0.2, 0.25) is 0 Å². The van der Waals surface area contributed by atoms with Crippen LogP contribution in [-0.4, -0.2) is 24.4 Å². The minimum atomic E-state index is 0.0348. The van der Waals surface area contributed by atoms with Gasteiger partial charge in [-0.1, -0.05) is 50.3 Å². The van der Waals surface area contributed by atoms with Crippen molar-refractivity contribution in [2.75, 3.05) is 5.32 Å². The van der Waals surface area contributed by atoms with E-state index in [-0.39, 0.29) is 5.41 Å². The summed E-state index contributed by atoms with van der Waals surface area (Å²) in [6.45, 7) is 7.14. The molecular formula is C18H20N6S. The molecule has 0 radical (unpaired) electrons. The van der Waals surface area contributed by atoms with Crippen molar-refractivity contribution in [2.24, 2.45) is 0 Å². The zero-order valence-corrected chi connectivity index (χ0v) is 15.3. The molecule has 0 amide bonds. The van der Waals surface area contributed by atoms with E-state index in [1.54, 1.807) is 11.3 Å². The molecular weight excluding hydrogens is 332 g/mol. The van der Waals surface area contributed by atoms with Crippen molar-refractivity contribution < 1.29 is 0 Å². The molecule has 0 saturated heterocycles. The van der Waals surface area contributed by atoms with Crippen LogP contribution in [0.4, 0.5) is 5.13 Å². The summed E-state index contributed by atoms with van der Waals surface area (Å²) in [5.74, 6) is 0. The topological polar surface area (TPSA) is 60.0 Å². The molecule has 0 aliphatic rings. The van der Waals surface area contributed by atoms with E-state index < -0.39 is 0 Å². The lowest BCUT2D eigenvalue weighted by atomic mass is 9.93. The van der Waals surface area contributed by atoms with Gasteiger partial charge in [-0.3, -0.25) is 0 Å². The lowest BCUT2D eigenvalue weighted by Gasteiger charge is -2.13. The Balaban J connectivity index is 1.46. The van der Waals surface area contributed by atoms with E-state index >= 15 is 0 Å². The molecule has 0 saturated carbocycles. The van der Waals surface area contributed by atoms with Gasteiger partial charge >= 0.3 is 0 Å². The zero-order valence-electron chi connectivity index (χ0n) is 14.5. The van der Waals surface area contributed by atoms with Crippen LogP contribution >= 0.6 is 11.3 Å². The third kappa shape index (κ3) is 3.28. The number of fused-ring (bicyclic) bond motifs is 1. The van der Waals surface area contributed by atoms with E-state index in [1.165, 1.54) is 0 Å². The largest absolute Gasteiger partial charge is 0.356 e. The molecule has 0 unspecified atom stereocenters. The molecule has 0 fully saturated rings. The SMILES string of the molecule is CC(C)(C)c1cn2nc(NCc3cnn(-c4ccccc4)c3)sc2n1. The predicted octanol–water partition coefficient (Wildman–Crippen LogP) is 3.89. The molecule has 4 aromatic rings. The Kier molecular flexibility index (Phi) is 3.80. The first-order valence-corrected chi connectivity index (χ1v) is 9.00. The van der Waals surface area contributed by atoms with Gasteiger partial charge in [0.25, 0.3) is 0 Å². The van der Waals surface area contributed by atoms with Crippen molar-refractivity contribution in [3.05, 3.63) is 60.2 Å². The highest BCUT2D eigenvalue weighted by Gasteiger charge is 2.19. The fourth-order valence-electron chi connectivity index (χ4n) is 2.48. The van der Waals surface area contributed by atoms with Gasteiger partial charge in [0, 0.05) is 23.7 Å². The summed E-state index contributed by atoms with van der Waals surface area (Å²) in [5.41, 5.74) is 3.25. The second-order valence-corrected chi connectivity index (χ2v) is 7.95. The number of aromatic nitrogens is 5. The van der Waals surface area contributed by atoms with Gasteiger partial charge in [-0.05, 0) is 12.1 Å². The highest BCUT2D eigenvalue weighted by molar-refractivity contribution is 7.20. The minimum Gasteiger partial charge on any atom is -0.356 e. The Hall–Kier alpha value is -2.67. The van der Waals surface area contributed by atoms with Crippen molar-refractivity contribution >= 4 is 21.4 Å². The maximum Gasteiger partial charge on any atom is 0.214 e. The molecule has 0 aliphatic heterocycles. The van der Waals surface area contributed by atoms with Crippen LogP contribution in [0.3, 0.4) is 0 Å². The van der Waals surface area contributed by atoms with Gasteiger partial charge in [0.1, 0.15) is 0 Å². The van der Waals surface area contributed by atoms with Crippen LogP contribution in [-0.2, 0) is 12.0 Å². The summed E-state index contributed by atoms with van der Waals surface area (Å²) >= 11 is 1.56. The summed E-state index contributed by atoms with van der Waals surface area (Å²) in [6.07, 6.45) is 5.90. The lowest BCUT2D eigenvalue weighted by molar-refractivity contribution is 0.572. The zero-order chi connectivity index (χ0) is 17.4. The van der Waals surface area contributed by atoms with Gasteiger partial charge < -0.3 is 5.32 Å². The molecule has 4 rings (SSSR count). The first kappa shape index (κ1) is 15.8. The average Bonchev–Trinajstić information content (AvgIpc) is 3.27. The molecule has 7 heteroatoms. The number of nitrogens with one attached hydrogen (secondary N) is 1. The molecule has 0 spiro atoms. The van der Waals surface area contributed by atoms with E-state index in [9.17, 15) is 0 Å². The van der Waals surface area contributed by atoms with Crippen LogP contribution < -0.4 is 5.32 Å². The second kappa shape index (κ2) is 6.00. The lowest BCUT2D eigenvalue weighted by Crippen LogP contribution is -2.11. The molecule has 3 heterocycles. The van der Waals surface area contributed by atoms with Gasteiger partial charge in [-0.15, -0.1) is 5.10 Å². The number of hydrogen-bond acceptors (Lipinski definition) is 5. The summed E-state index contributed by atoms with van der Waals surface area (Å²) < 4.78 is 3.72. The minimum absolute atomic E-state index is 0.0348. The monoisotopic (exact) mass is 352 g/mol. The smallest absolute Gasteiger partial charge is 0.214 e. The Bertz CT molecular complexity index is 958. The third-order valence-electron chi connectivity index (χ3n) is 3.91. The van der Waals surface area contributed by atoms with Crippen molar-refractivity contribution in [3.63, 3.8) is 0 Å². The van der Waals surface area contributed by atoms with Crippen LogP contribution in [0.1, 0.15) is 32.0 Å². The number of imidazole rings is 1.